The molecule has 0 bridgehead atoms. The average Bonchev–Trinajstić information content (AvgIpc) is 3.33. The van der Waals surface area contributed by atoms with Crippen LogP contribution in [0.1, 0.15) is 28.9 Å². The number of aromatic nitrogens is 2. The van der Waals surface area contributed by atoms with Gasteiger partial charge in [-0.1, -0.05) is 6.07 Å². The lowest BCUT2D eigenvalue weighted by Crippen LogP contribution is -2.26. The minimum Gasteiger partial charge on any atom is -0.496 e. The summed E-state index contributed by atoms with van der Waals surface area (Å²) in [5, 5.41) is 19.0. The fraction of sp³-hybridized carbons (Fsp3) is 0.231. The highest BCUT2D eigenvalue weighted by Crippen LogP contribution is 2.38. The maximum atomic E-state index is 11.3. The zero-order valence-corrected chi connectivity index (χ0v) is 18.9. The summed E-state index contributed by atoms with van der Waals surface area (Å²) in [4.78, 5) is 19.6. The van der Waals surface area contributed by atoms with Gasteiger partial charge < -0.3 is 23.7 Å². The first-order valence-corrected chi connectivity index (χ1v) is 11.0. The number of fused-ring (bicyclic) bond motifs is 1. The van der Waals surface area contributed by atoms with Crippen LogP contribution >= 0.6 is 0 Å². The van der Waals surface area contributed by atoms with Crippen molar-refractivity contribution < 1.29 is 28.5 Å². The number of methoxy groups -OCH3 is 1. The normalized spacial score (nSPS) is 13.9. The highest BCUT2D eigenvalue weighted by molar-refractivity contribution is 5.93. The first-order valence-electron chi connectivity index (χ1n) is 11.0. The van der Waals surface area contributed by atoms with Crippen LogP contribution in [0.4, 0.5) is 0 Å². The fourth-order valence-electron chi connectivity index (χ4n) is 4.07. The second-order valence-corrected chi connectivity index (χ2v) is 8.01. The third-order valence-electron chi connectivity index (χ3n) is 5.86. The van der Waals surface area contributed by atoms with Gasteiger partial charge in [0.25, 0.3) is 0 Å². The molecule has 9 nitrogen and oxygen atoms in total. The maximum absolute atomic E-state index is 11.3. The molecule has 4 heterocycles. The van der Waals surface area contributed by atoms with Gasteiger partial charge in [0.05, 0.1) is 31.5 Å². The molecule has 3 aromatic heterocycles. The summed E-state index contributed by atoms with van der Waals surface area (Å²) in [6, 6.07) is 12.6. The van der Waals surface area contributed by atoms with Crippen molar-refractivity contribution in [3.05, 3.63) is 60.0 Å². The van der Waals surface area contributed by atoms with Crippen molar-refractivity contribution in [2.75, 3.05) is 20.3 Å². The van der Waals surface area contributed by atoms with Gasteiger partial charge in [-0.25, -0.2) is 9.78 Å². The monoisotopic (exact) mass is 471 g/mol. The van der Waals surface area contributed by atoms with Gasteiger partial charge in [-0.05, 0) is 23.8 Å². The largest absolute Gasteiger partial charge is 0.496 e. The van der Waals surface area contributed by atoms with Gasteiger partial charge in [-0.2, -0.15) is 5.26 Å². The van der Waals surface area contributed by atoms with Crippen LogP contribution in [0, 0.1) is 11.3 Å². The zero-order chi connectivity index (χ0) is 24.4. The number of nitriles is 1. The molecule has 1 aromatic carbocycles. The number of nitrogens with zero attached hydrogens (tertiary/aromatic N) is 3. The molecule has 0 unspecified atom stereocenters. The van der Waals surface area contributed by atoms with Gasteiger partial charge in [-0.15, -0.1) is 0 Å². The zero-order valence-electron chi connectivity index (χ0n) is 18.9. The lowest BCUT2D eigenvalue weighted by Gasteiger charge is -2.23. The van der Waals surface area contributed by atoms with Gasteiger partial charge in [0, 0.05) is 42.9 Å². The third-order valence-corrected chi connectivity index (χ3v) is 5.86. The molecule has 0 atom stereocenters. The highest BCUT2D eigenvalue weighted by Gasteiger charge is 2.20. The first-order chi connectivity index (χ1) is 17.1. The van der Waals surface area contributed by atoms with Gasteiger partial charge in [-0.3, -0.25) is 4.98 Å². The van der Waals surface area contributed by atoms with Crippen LogP contribution in [0.15, 0.2) is 53.2 Å². The molecule has 0 radical (unpaired) electrons. The van der Waals surface area contributed by atoms with Crippen molar-refractivity contribution in [1.29, 1.82) is 5.26 Å². The Balaban J connectivity index is 1.53. The molecule has 4 aromatic rings. The molecule has 0 amide bonds. The van der Waals surface area contributed by atoms with Gasteiger partial charge in [0.2, 0.25) is 0 Å². The second kappa shape index (κ2) is 9.44. The molecule has 0 aliphatic carbocycles. The predicted octanol–water partition coefficient (Wildman–Crippen LogP) is 4.69. The summed E-state index contributed by atoms with van der Waals surface area (Å²) >= 11 is 0. The standard InChI is InChI=1S/C26H21N3O6/c1-32-23-12-21(26(30)31)29-14-19(23)24-11-20-25(35-24)18(4-7-28-20)15-2-3-22(16(10-15)13-27)34-17-5-8-33-9-6-17/h2-4,7,10-12,14,17H,5-6,8-9H2,1H3,(H,30,31). The van der Waals surface area contributed by atoms with Gasteiger partial charge in [0.1, 0.15) is 34.9 Å². The van der Waals surface area contributed by atoms with E-state index in [9.17, 15) is 15.2 Å². The van der Waals surface area contributed by atoms with Crippen molar-refractivity contribution >= 4 is 17.1 Å². The Bertz CT molecular complexity index is 1450. The lowest BCUT2D eigenvalue weighted by molar-refractivity contribution is 0.0254. The smallest absolute Gasteiger partial charge is 0.354 e. The summed E-state index contributed by atoms with van der Waals surface area (Å²) in [5.41, 5.74) is 3.45. The van der Waals surface area contributed by atoms with Crippen LogP contribution < -0.4 is 9.47 Å². The number of rotatable bonds is 6. The number of furan rings is 1. The summed E-state index contributed by atoms with van der Waals surface area (Å²) in [6.45, 7) is 1.31. The van der Waals surface area contributed by atoms with E-state index in [0.29, 0.717) is 52.7 Å². The van der Waals surface area contributed by atoms with E-state index >= 15 is 0 Å². The van der Waals surface area contributed by atoms with Crippen molar-refractivity contribution in [3.8, 4) is 40.0 Å². The van der Waals surface area contributed by atoms with Crippen molar-refractivity contribution in [1.82, 2.24) is 9.97 Å². The Morgan fingerprint density at radius 1 is 1.11 bits per heavy atom. The number of hydrogen-bond donors (Lipinski definition) is 1. The van der Waals surface area contributed by atoms with Crippen LogP contribution in [0.2, 0.25) is 0 Å². The maximum Gasteiger partial charge on any atom is 0.354 e. The number of carbonyl (C=O) groups is 1. The Kier molecular flexibility index (Phi) is 6.04. The summed E-state index contributed by atoms with van der Waals surface area (Å²) in [5.74, 6) is 0.143. The molecule has 1 aliphatic heterocycles. The Morgan fingerprint density at radius 2 is 1.94 bits per heavy atom. The summed E-state index contributed by atoms with van der Waals surface area (Å²) in [6.07, 6.45) is 4.67. The van der Waals surface area contributed by atoms with E-state index in [1.54, 1.807) is 24.4 Å². The molecule has 5 rings (SSSR count). The molecule has 1 N–H and O–H groups in total. The molecule has 176 valence electrons. The summed E-state index contributed by atoms with van der Waals surface area (Å²) in [7, 11) is 1.45. The van der Waals surface area contributed by atoms with E-state index in [1.165, 1.54) is 19.4 Å². The van der Waals surface area contributed by atoms with Crippen LogP contribution in [-0.2, 0) is 4.74 Å². The van der Waals surface area contributed by atoms with E-state index in [0.717, 1.165) is 24.0 Å². The molecule has 1 aliphatic rings. The van der Waals surface area contributed by atoms with E-state index in [4.69, 9.17) is 18.6 Å². The number of ether oxygens (including phenoxy) is 3. The molecule has 0 spiro atoms. The first kappa shape index (κ1) is 22.4. The minimum absolute atomic E-state index is 0.0260. The molecule has 0 saturated carbocycles. The summed E-state index contributed by atoms with van der Waals surface area (Å²) < 4.78 is 23.0. The Morgan fingerprint density at radius 3 is 2.69 bits per heavy atom. The third kappa shape index (κ3) is 4.39. The van der Waals surface area contributed by atoms with Crippen molar-refractivity contribution in [3.63, 3.8) is 0 Å². The number of benzene rings is 1. The predicted molar refractivity (Wildman–Crippen MR) is 125 cm³/mol. The quantitative estimate of drug-likeness (QED) is 0.426. The second-order valence-electron chi connectivity index (χ2n) is 8.01. The Labute approximate surface area is 200 Å². The van der Waals surface area contributed by atoms with E-state index in [1.807, 2.05) is 12.1 Å². The molecule has 1 saturated heterocycles. The molecular weight excluding hydrogens is 450 g/mol. The number of aromatic carboxylic acids is 1. The molecule has 1 fully saturated rings. The van der Waals surface area contributed by atoms with Crippen LogP contribution in [0.5, 0.6) is 11.5 Å². The van der Waals surface area contributed by atoms with Crippen LogP contribution in [-0.4, -0.2) is 47.5 Å². The van der Waals surface area contributed by atoms with Gasteiger partial charge in [0.15, 0.2) is 11.3 Å². The Hall–Kier alpha value is -4.42. The SMILES string of the molecule is COc1cc(C(=O)O)ncc1-c1cc2nccc(-c3ccc(OC4CCOCC4)c(C#N)c3)c2o1. The lowest BCUT2D eigenvalue weighted by atomic mass is 10.0. The van der Waals surface area contributed by atoms with Crippen LogP contribution in [0.25, 0.3) is 33.6 Å². The molecular formula is C26H21N3O6. The van der Waals surface area contributed by atoms with E-state index in [2.05, 4.69) is 16.0 Å². The van der Waals surface area contributed by atoms with Gasteiger partial charge >= 0.3 is 5.97 Å². The number of carboxylic acids is 1. The minimum atomic E-state index is -1.15. The molecule has 9 heteroatoms. The molecule has 35 heavy (non-hydrogen) atoms. The number of carboxylic acid groups (broad SMARTS) is 1. The number of hydrogen-bond acceptors (Lipinski definition) is 8. The van der Waals surface area contributed by atoms with Crippen LogP contribution in [0.3, 0.4) is 0 Å². The number of pyridine rings is 2. The van der Waals surface area contributed by atoms with E-state index < -0.39 is 5.97 Å². The average molecular weight is 471 g/mol. The highest BCUT2D eigenvalue weighted by atomic mass is 16.5. The van der Waals surface area contributed by atoms with E-state index in [-0.39, 0.29) is 11.8 Å². The van der Waals surface area contributed by atoms with Crippen molar-refractivity contribution in [2.45, 2.75) is 18.9 Å². The van der Waals surface area contributed by atoms with Crippen molar-refractivity contribution in [2.24, 2.45) is 0 Å². The topological polar surface area (TPSA) is 128 Å². The fourth-order valence-corrected chi connectivity index (χ4v) is 4.07.